The molecule has 27 heavy (non-hydrogen) atoms. The highest BCUT2D eigenvalue weighted by Crippen LogP contribution is 2.35. The fourth-order valence-electron chi connectivity index (χ4n) is 2.92. The first kappa shape index (κ1) is 19.4. The van der Waals surface area contributed by atoms with Gasteiger partial charge in [0.05, 0.1) is 23.8 Å². The summed E-state index contributed by atoms with van der Waals surface area (Å²) in [5.74, 6) is -0.0374. The van der Waals surface area contributed by atoms with Crippen molar-refractivity contribution in [2.24, 2.45) is 5.10 Å². The van der Waals surface area contributed by atoms with Gasteiger partial charge in [-0.1, -0.05) is 42.5 Å². The van der Waals surface area contributed by atoms with Crippen LogP contribution in [0.5, 0.6) is 0 Å². The number of benzene rings is 2. The summed E-state index contributed by atoms with van der Waals surface area (Å²) in [5.41, 5.74) is 2.72. The van der Waals surface area contributed by atoms with Crippen molar-refractivity contribution in [1.29, 1.82) is 0 Å². The van der Waals surface area contributed by atoms with Crippen LogP contribution in [0.25, 0.3) is 0 Å². The Hall–Kier alpha value is -2.39. The van der Waals surface area contributed by atoms with Crippen LogP contribution in [-0.2, 0) is 20.0 Å². The zero-order chi connectivity index (χ0) is 19.7. The average molecular weight is 408 g/mol. The van der Waals surface area contributed by atoms with Gasteiger partial charge >= 0.3 is 0 Å². The van der Waals surface area contributed by atoms with Gasteiger partial charge in [-0.15, -0.1) is 0 Å². The average Bonchev–Trinajstić information content (AvgIpc) is 3.08. The maximum Gasteiger partial charge on any atom is 0.250 e. The van der Waals surface area contributed by atoms with Gasteiger partial charge in [-0.3, -0.25) is 4.72 Å². The molecule has 1 aliphatic heterocycles. The first-order valence-electron chi connectivity index (χ1n) is 8.42. The molecule has 1 atom stereocenters. The van der Waals surface area contributed by atoms with E-state index in [1.54, 1.807) is 31.2 Å². The molecule has 0 bridgehead atoms. The van der Waals surface area contributed by atoms with Crippen LogP contribution < -0.4 is 4.72 Å². The molecule has 2 aromatic rings. The maximum absolute atomic E-state index is 12.5. The van der Waals surface area contributed by atoms with Crippen LogP contribution in [0, 0.1) is 0 Å². The lowest BCUT2D eigenvalue weighted by Gasteiger charge is -2.22. The molecule has 9 heteroatoms. The minimum atomic E-state index is -3.51. The van der Waals surface area contributed by atoms with Gasteiger partial charge in [-0.05, 0) is 30.2 Å². The van der Waals surface area contributed by atoms with Crippen molar-refractivity contribution >= 4 is 31.4 Å². The standard InChI is InChI=1S/C18H21N3O4S2/c1-3-27(24,25)21-18(15-7-5-4-6-8-15)13-17(19-21)14-9-11-16(12-10-14)20-26(2,22)23/h4-12,18,20H,3,13H2,1-2H3/t18-/m1/s1. The molecule has 0 spiro atoms. The minimum Gasteiger partial charge on any atom is -0.284 e. The molecule has 3 rings (SSSR count). The van der Waals surface area contributed by atoms with Crippen LogP contribution in [0.4, 0.5) is 5.69 Å². The molecule has 0 saturated carbocycles. The minimum absolute atomic E-state index is 0.0374. The lowest BCUT2D eigenvalue weighted by Crippen LogP contribution is -2.28. The molecule has 144 valence electrons. The van der Waals surface area contributed by atoms with E-state index in [0.717, 1.165) is 17.4 Å². The van der Waals surface area contributed by atoms with E-state index >= 15 is 0 Å². The fraction of sp³-hybridized carbons (Fsp3) is 0.278. The zero-order valence-electron chi connectivity index (χ0n) is 15.0. The molecular weight excluding hydrogens is 386 g/mol. The second-order valence-electron chi connectivity index (χ2n) is 6.30. The van der Waals surface area contributed by atoms with Crippen molar-refractivity contribution < 1.29 is 16.8 Å². The molecule has 2 aromatic carbocycles. The molecule has 0 fully saturated rings. The predicted octanol–water partition coefficient (Wildman–Crippen LogP) is 2.56. The number of anilines is 1. The highest BCUT2D eigenvalue weighted by molar-refractivity contribution is 7.92. The summed E-state index contributed by atoms with van der Waals surface area (Å²) in [6, 6.07) is 15.7. The Morgan fingerprint density at radius 1 is 1.04 bits per heavy atom. The molecule has 0 amide bonds. The van der Waals surface area contributed by atoms with Gasteiger partial charge in [0.15, 0.2) is 0 Å². The quantitative estimate of drug-likeness (QED) is 0.796. The fourth-order valence-corrected chi connectivity index (χ4v) is 4.56. The summed E-state index contributed by atoms with van der Waals surface area (Å²) in [6.45, 7) is 1.59. The van der Waals surface area contributed by atoms with Crippen LogP contribution in [0.3, 0.4) is 0 Å². The number of nitrogens with one attached hydrogen (secondary N) is 1. The smallest absolute Gasteiger partial charge is 0.250 e. The highest BCUT2D eigenvalue weighted by atomic mass is 32.2. The van der Waals surface area contributed by atoms with E-state index in [-0.39, 0.29) is 11.8 Å². The van der Waals surface area contributed by atoms with E-state index in [2.05, 4.69) is 9.82 Å². The Labute approximate surface area is 159 Å². The first-order valence-corrected chi connectivity index (χ1v) is 11.9. The molecular formula is C18H21N3O4S2. The Morgan fingerprint density at radius 2 is 1.67 bits per heavy atom. The predicted molar refractivity (Wildman–Crippen MR) is 107 cm³/mol. The van der Waals surface area contributed by atoms with E-state index in [0.29, 0.717) is 17.8 Å². The SMILES string of the molecule is CCS(=O)(=O)N1N=C(c2ccc(NS(C)(=O)=O)cc2)C[C@@H]1c1ccccc1. The van der Waals surface area contributed by atoms with Crippen LogP contribution in [0.15, 0.2) is 59.7 Å². The van der Waals surface area contributed by atoms with E-state index in [1.165, 1.54) is 4.41 Å². The number of sulfonamides is 2. The van der Waals surface area contributed by atoms with Crippen LogP contribution in [0.1, 0.15) is 30.5 Å². The Balaban J connectivity index is 1.93. The lowest BCUT2D eigenvalue weighted by atomic mass is 9.99. The van der Waals surface area contributed by atoms with Gasteiger partial charge in [0, 0.05) is 12.1 Å². The highest BCUT2D eigenvalue weighted by Gasteiger charge is 2.35. The van der Waals surface area contributed by atoms with E-state index in [9.17, 15) is 16.8 Å². The zero-order valence-corrected chi connectivity index (χ0v) is 16.7. The number of rotatable bonds is 6. The Kier molecular flexibility index (Phi) is 5.25. The summed E-state index contributed by atoms with van der Waals surface area (Å²) < 4.78 is 51.3. The van der Waals surface area contributed by atoms with Gasteiger partial charge in [0.25, 0.3) is 0 Å². The van der Waals surface area contributed by atoms with Crippen molar-refractivity contribution in [2.45, 2.75) is 19.4 Å². The van der Waals surface area contributed by atoms with Gasteiger partial charge in [-0.25, -0.2) is 16.8 Å². The van der Waals surface area contributed by atoms with E-state index in [1.807, 2.05) is 30.3 Å². The summed E-state index contributed by atoms with van der Waals surface area (Å²) in [7, 11) is -6.87. The lowest BCUT2D eigenvalue weighted by molar-refractivity contribution is 0.372. The van der Waals surface area contributed by atoms with Gasteiger partial charge in [-0.2, -0.15) is 9.52 Å². The summed E-state index contributed by atoms with van der Waals surface area (Å²) in [5, 5.41) is 4.39. The molecule has 0 aliphatic carbocycles. The van der Waals surface area contributed by atoms with Crippen LogP contribution >= 0.6 is 0 Å². The van der Waals surface area contributed by atoms with Gasteiger partial charge < -0.3 is 0 Å². The summed E-state index contributed by atoms with van der Waals surface area (Å²) >= 11 is 0. The van der Waals surface area contributed by atoms with E-state index < -0.39 is 20.0 Å². The second-order valence-corrected chi connectivity index (χ2v) is 10.2. The monoisotopic (exact) mass is 407 g/mol. The molecule has 0 radical (unpaired) electrons. The molecule has 1 N–H and O–H groups in total. The third kappa shape index (κ3) is 4.48. The number of hydrazone groups is 1. The first-order chi connectivity index (χ1) is 12.7. The summed E-state index contributed by atoms with van der Waals surface area (Å²) in [4.78, 5) is 0. The summed E-state index contributed by atoms with van der Waals surface area (Å²) in [6.07, 6.45) is 1.53. The number of hydrogen-bond acceptors (Lipinski definition) is 5. The molecule has 0 unspecified atom stereocenters. The van der Waals surface area contributed by atoms with Crippen molar-refractivity contribution in [1.82, 2.24) is 4.41 Å². The van der Waals surface area contributed by atoms with Crippen molar-refractivity contribution in [2.75, 3.05) is 16.7 Å². The largest absolute Gasteiger partial charge is 0.284 e. The third-order valence-corrected chi connectivity index (χ3v) is 6.47. The van der Waals surface area contributed by atoms with Crippen molar-refractivity contribution in [3.63, 3.8) is 0 Å². The number of nitrogens with zero attached hydrogens (tertiary/aromatic N) is 2. The van der Waals surface area contributed by atoms with Gasteiger partial charge in [0.1, 0.15) is 0 Å². The second kappa shape index (κ2) is 7.32. The van der Waals surface area contributed by atoms with Crippen molar-refractivity contribution in [3.8, 4) is 0 Å². The third-order valence-electron chi connectivity index (χ3n) is 4.23. The number of hydrogen-bond donors (Lipinski definition) is 1. The van der Waals surface area contributed by atoms with Crippen LogP contribution in [0.2, 0.25) is 0 Å². The molecule has 1 aliphatic rings. The molecule has 0 saturated heterocycles. The van der Waals surface area contributed by atoms with E-state index in [4.69, 9.17) is 0 Å². The van der Waals surface area contributed by atoms with Crippen molar-refractivity contribution in [3.05, 3.63) is 65.7 Å². The van der Waals surface area contributed by atoms with Gasteiger partial charge in [0.2, 0.25) is 20.0 Å². The van der Waals surface area contributed by atoms with Crippen LogP contribution in [-0.4, -0.2) is 39.0 Å². The normalized spacial score (nSPS) is 17.6. The molecule has 0 aromatic heterocycles. The molecule has 1 heterocycles. The Morgan fingerprint density at radius 3 is 2.22 bits per heavy atom. The maximum atomic E-state index is 12.5. The molecule has 7 nitrogen and oxygen atoms in total. The topological polar surface area (TPSA) is 95.9 Å². The Bertz CT molecular complexity index is 1050.